The van der Waals surface area contributed by atoms with Gasteiger partial charge in [-0.3, -0.25) is 0 Å². The quantitative estimate of drug-likeness (QED) is 0.864. The van der Waals surface area contributed by atoms with Crippen LogP contribution in [0.5, 0.6) is 0 Å². The molecule has 0 aromatic carbocycles. The maximum atomic E-state index is 11.2. The minimum Gasteiger partial charge on any atom is -0.478 e. The van der Waals surface area contributed by atoms with Crippen molar-refractivity contribution in [2.45, 2.75) is 26.3 Å². The number of carbonyl (C=O) groups is 1. The van der Waals surface area contributed by atoms with Crippen LogP contribution in [0.3, 0.4) is 0 Å². The third kappa shape index (κ3) is 3.13. The lowest BCUT2D eigenvalue weighted by molar-refractivity contribution is 0.0697. The number of carboxylic acids is 1. The molecule has 0 bridgehead atoms. The van der Waals surface area contributed by atoms with Gasteiger partial charge >= 0.3 is 5.97 Å². The minimum absolute atomic E-state index is 0.0264. The predicted molar refractivity (Wildman–Crippen MR) is 71.4 cm³/mol. The lowest BCUT2D eigenvalue weighted by atomic mass is 10.1. The Labute approximate surface area is 111 Å². The van der Waals surface area contributed by atoms with Crippen molar-refractivity contribution >= 4 is 11.8 Å². The Kier molecular flexibility index (Phi) is 3.85. The number of rotatable bonds is 5. The molecule has 0 aliphatic heterocycles. The molecule has 2 heterocycles. The van der Waals surface area contributed by atoms with Crippen molar-refractivity contribution in [1.29, 1.82) is 0 Å². The van der Waals surface area contributed by atoms with E-state index in [2.05, 4.69) is 10.3 Å². The standard InChI is InChI=1S/C14H16N2O3/c1-9-5-6-15-13(12(9)14(17)18)16-10(2)8-11-4-3-7-19-11/h3-7,10H,8H2,1-2H3,(H,15,16)(H,17,18). The number of hydrogen-bond acceptors (Lipinski definition) is 4. The van der Waals surface area contributed by atoms with E-state index >= 15 is 0 Å². The molecule has 19 heavy (non-hydrogen) atoms. The average Bonchev–Trinajstić information content (AvgIpc) is 2.81. The number of furan rings is 1. The number of anilines is 1. The summed E-state index contributed by atoms with van der Waals surface area (Å²) in [6, 6.07) is 5.43. The molecule has 5 heteroatoms. The minimum atomic E-state index is -0.974. The largest absolute Gasteiger partial charge is 0.478 e. The second kappa shape index (κ2) is 5.56. The summed E-state index contributed by atoms with van der Waals surface area (Å²) in [6.07, 6.45) is 3.89. The summed E-state index contributed by atoms with van der Waals surface area (Å²) in [5, 5.41) is 12.3. The SMILES string of the molecule is Cc1ccnc(NC(C)Cc2ccco2)c1C(=O)O. The van der Waals surface area contributed by atoms with Crippen LogP contribution >= 0.6 is 0 Å². The molecule has 1 atom stereocenters. The fraction of sp³-hybridized carbons (Fsp3) is 0.286. The Morgan fingerprint density at radius 2 is 2.32 bits per heavy atom. The fourth-order valence-corrected chi connectivity index (χ4v) is 1.95. The number of aromatic carboxylic acids is 1. The third-order valence-electron chi connectivity index (χ3n) is 2.84. The topological polar surface area (TPSA) is 75.4 Å². The molecule has 2 aromatic rings. The first kappa shape index (κ1) is 13.1. The van der Waals surface area contributed by atoms with Crippen LogP contribution in [0, 0.1) is 6.92 Å². The van der Waals surface area contributed by atoms with Gasteiger partial charge in [0.15, 0.2) is 0 Å². The van der Waals surface area contributed by atoms with Crippen LogP contribution in [0.15, 0.2) is 35.1 Å². The molecule has 0 fully saturated rings. The molecular formula is C14H16N2O3. The van der Waals surface area contributed by atoms with E-state index in [1.54, 1.807) is 25.5 Å². The van der Waals surface area contributed by atoms with Crippen LogP contribution in [0.2, 0.25) is 0 Å². The van der Waals surface area contributed by atoms with E-state index in [0.29, 0.717) is 17.8 Å². The molecule has 0 radical (unpaired) electrons. The van der Waals surface area contributed by atoms with Gasteiger partial charge in [-0.05, 0) is 37.6 Å². The number of carboxylic acid groups (broad SMARTS) is 1. The maximum Gasteiger partial charge on any atom is 0.339 e. The van der Waals surface area contributed by atoms with Crippen molar-refractivity contribution < 1.29 is 14.3 Å². The summed E-state index contributed by atoms with van der Waals surface area (Å²) in [7, 11) is 0. The molecule has 1 unspecified atom stereocenters. The zero-order chi connectivity index (χ0) is 13.8. The van der Waals surface area contributed by atoms with Gasteiger partial charge in [-0.1, -0.05) is 0 Å². The summed E-state index contributed by atoms with van der Waals surface area (Å²) in [6.45, 7) is 3.71. The molecular weight excluding hydrogens is 244 g/mol. The smallest absolute Gasteiger partial charge is 0.339 e. The molecule has 0 aliphatic carbocycles. The molecule has 0 amide bonds. The third-order valence-corrected chi connectivity index (χ3v) is 2.84. The molecule has 2 rings (SSSR count). The zero-order valence-corrected chi connectivity index (χ0v) is 10.9. The van der Waals surface area contributed by atoms with Crippen molar-refractivity contribution in [2.75, 3.05) is 5.32 Å². The molecule has 2 N–H and O–H groups in total. The second-order valence-electron chi connectivity index (χ2n) is 4.49. The van der Waals surface area contributed by atoms with Crippen LogP contribution in [0.4, 0.5) is 5.82 Å². The van der Waals surface area contributed by atoms with Crippen LogP contribution in [-0.2, 0) is 6.42 Å². The Morgan fingerprint density at radius 1 is 1.53 bits per heavy atom. The Morgan fingerprint density at radius 3 is 2.95 bits per heavy atom. The van der Waals surface area contributed by atoms with Crippen LogP contribution < -0.4 is 5.32 Å². The summed E-state index contributed by atoms with van der Waals surface area (Å²) in [4.78, 5) is 15.4. The lowest BCUT2D eigenvalue weighted by Crippen LogP contribution is -2.21. The highest BCUT2D eigenvalue weighted by Crippen LogP contribution is 2.18. The highest BCUT2D eigenvalue weighted by Gasteiger charge is 2.16. The van der Waals surface area contributed by atoms with Crippen molar-refractivity contribution in [3.63, 3.8) is 0 Å². The van der Waals surface area contributed by atoms with E-state index in [1.807, 2.05) is 19.1 Å². The summed E-state index contributed by atoms with van der Waals surface area (Å²) in [5.74, 6) is 0.273. The number of nitrogens with zero attached hydrogens (tertiary/aromatic N) is 1. The number of aryl methyl sites for hydroxylation is 1. The van der Waals surface area contributed by atoms with Crippen LogP contribution in [0.25, 0.3) is 0 Å². The van der Waals surface area contributed by atoms with Crippen molar-refractivity contribution in [1.82, 2.24) is 4.98 Å². The van der Waals surface area contributed by atoms with E-state index < -0.39 is 5.97 Å². The van der Waals surface area contributed by atoms with Crippen molar-refractivity contribution in [2.24, 2.45) is 0 Å². The molecule has 100 valence electrons. The molecule has 0 saturated carbocycles. The van der Waals surface area contributed by atoms with E-state index in [-0.39, 0.29) is 11.6 Å². The van der Waals surface area contributed by atoms with E-state index in [1.165, 1.54) is 0 Å². The van der Waals surface area contributed by atoms with Gasteiger partial charge < -0.3 is 14.8 Å². The molecule has 0 aliphatic rings. The highest BCUT2D eigenvalue weighted by atomic mass is 16.4. The first-order valence-electron chi connectivity index (χ1n) is 6.05. The molecule has 0 spiro atoms. The van der Waals surface area contributed by atoms with Gasteiger partial charge in [0.05, 0.1) is 6.26 Å². The van der Waals surface area contributed by atoms with Gasteiger partial charge in [-0.15, -0.1) is 0 Å². The average molecular weight is 260 g/mol. The summed E-state index contributed by atoms with van der Waals surface area (Å²) < 4.78 is 5.27. The Hall–Kier alpha value is -2.30. The molecule has 2 aromatic heterocycles. The van der Waals surface area contributed by atoms with Crippen LogP contribution in [0.1, 0.15) is 28.6 Å². The zero-order valence-electron chi connectivity index (χ0n) is 10.9. The number of hydrogen-bond donors (Lipinski definition) is 2. The fourth-order valence-electron chi connectivity index (χ4n) is 1.95. The van der Waals surface area contributed by atoms with Crippen molar-refractivity contribution in [3.05, 3.63) is 47.5 Å². The number of aromatic nitrogens is 1. The van der Waals surface area contributed by atoms with Gasteiger partial charge in [0.1, 0.15) is 17.1 Å². The lowest BCUT2D eigenvalue weighted by Gasteiger charge is -2.15. The second-order valence-corrected chi connectivity index (χ2v) is 4.49. The number of pyridine rings is 1. The van der Waals surface area contributed by atoms with E-state index in [0.717, 1.165) is 5.76 Å². The van der Waals surface area contributed by atoms with Gasteiger partial charge in [0.25, 0.3) is 0 Å². The van der Waals surface area contributed by atoms with Gasteiger partial charge in [0, 0.05) is 18.7 Å². The maximum absolute atomic E-state index is 11.2. The van der Waals surface area contributed by atoms with E-state index in [4.69, 9.17) is 4.42 Å². The first-order valence-corrected chi connectivity index (χ1v) is 6.05. The predicted octanol–water partition coefficient (Wildman–Crippen LogP) is 2.72. The van der Waals surface area contributed by atoms with Gasteiger partial charge in [-0.2, -0.15) is 0 Å². The van der Waals surface area contributed by atoms with E-state index in [9.17, 15) is 9.90 Å². The first-order chi connectivity index (χ1) is 9.08. The molecule has 5 nitrogen and oxygen atoms in total. The number of nitrogens with one attached hydrogen (secondary N) is 1. The summed E-state index contributed by atoms with van der Waals surface area (Å²) >= 11 is 0. The molecule has 0 saturated heterocycles. The van der Waals surface area contributed by atoms with Crippen LogP contribution in [-0.4, -0.2) is 22.1 Å². The highest BCUT2D eigenvalue weighted by molar-refractivity contribution is 5.94. The van der Waals surface area contributed by atoms with Gasteiger partial charge in [-0.25, -0.2) is 9.78 Å². The summed E-state index contributed by atoms with van der Waals surface area (Å²) in [5.41, 5.74) is 0.906. The van der Waals surface area contributed by atoms with Crippen molar-refractivity contribution in [3.8, 4) is 0 Å². The Balaban J connectivity index is 2.14. The normalized spacial score (nSPS) is 12.1. The Bertz CT molecular complexity index is 564. The monoisotopic (exact) mass is 260 g/mol. The van der Waals surface area contributed by atoms with Gasteiger partial charge in [0.2, 0.25) is 0 Å².